The highest BCUT2D eigenvalue weighted by atomic mass is 35.5. The van der Waals surface area contributed by atoms with E-state index in [-0.39, 0.29) is 5.78 Å². The maximum Gasteiger partial charge on any atom is 0.208 e. The topological polar surface area (TPSA) is 47.8 Å². The fourth-order valence-corrected chi connectivity index (χ4v) is 2.33. The van der Waals surface area contributed by atoms with Gasteiger partial charge in [0.15, 0.2) is 5.69 Å². The molecule has 0 bridgehead atoms. The van der Waals surface area contributed by atoms with Crippen molar-refractivity contribution in [3.05, 3.63) is 82.6 Å². The predicted molar refractivity (Wildman–Crippen MR) is 90.9 cm³/mol. The van der Waals surface area contributed by atoms with Gasteiger partial charge in [0, 0.05) is 5.02 Å². The maximum atomic E-state index is 12.3. The molecule has 0 saturated heterocycles. The van der Waals surface area contributed by atoms with E-state index in [1.54, 1.807) is 22.9 Å². The van der Waals surface area contributed by atoms with Crippen molar-refractivity contribution in [2.75, 3.05) is 0 Å². The number of carbonyl (C=O) groups is 1. The van der Waals surface area contributed by atoms with E-state index in [1.807, 2.05) is 49.4 Å². The number of aromatic nitrogens is 3. The molecule has 0 spiro atoms. The van der Waals surface area contributed by atoms with E-state index in [9.17, 15) is 4.79 Å². The normalized spacial score (nSPS) is 11.0. The molecule has 1 heterocycles. The van der Waals surface area contributed by atoms with Crippen LogP contribution < -0.4 is 0 Å². The van der Waals surface area contributed by atoms with E-state index in [1.165, 1.54) is 6.08 Å². The van der Waals surface area contributed by atoms with Crippen LogP contribution in [0, 0.1) is 6.92 Å². The van der Waals surface area contributed by atoms with Crippen molar-refractivity contribution in [1.82, 2.24) is 15.0 Å². The summed E-state index contributed by atoms with van der Waals surface area (Å²) in [5, 5.41) is 8.71. The van der Waals surface area contributed by atoms with Gasteiger partial charge in [0.2, 0.25) is 5.78 Å². The van der Waals surface area contributed by atoms with Crippen LogP contribution in [0.5, 0.6) is 0 Å². The zero-order chi connectivity index (χ0) is 16.2. The summed E-state index contributed by atoms with van der Waals surface area (Å²) >= 11 is 5.89. The zero-order valence-corrected chi connectivity index (χ0v) is 13.2. The lowest BCUT2D eigenvalue weighted by molar-refractivity contribution is 0.104. The van der Waals surface area contributed by atoms with Crippen LogP contribution in [-0.2, 0) is 0 Å². The number of hydrogen-bond acceptors (Lipinski definition) is 3. The van der Waals surface area contributed by atoms with Gasteiger partial charge in [-0.1, -0.05) is 53.2 Å². The summed E-state index contributed by atoms with van der Waals surface area (Å²) in [6, 6.07) is 16.8. The molecule has 114 valence electrons. The van der Waals surface area contributed by atoms with Crippen molar-refractivity contribution in [1.29, 1.82) is 0 Å². The Morgan fingerprint density at radius 2 is 1.78 bits per heavy atom. The highest BCUT2D eigenvalue weighted by molar-refractivity contribution is 6.30. The molecule has 2 aromatic carbocycles. The van der Waals surface area contributed by atoms with E-state index >= 15 is 0 Å². The van der Waals surface area contributed by atoms with Crippen molar-refractivity contribution in [2.45, 2.75) is 6.92 Å². The highest BCUT2D eigenvalue weighted by Crippen LogP contribution is 2.16. The zero-order valence-electron chi connectivity index (χ0n) is 12.5. The van der Waals surface area contributed by atoms with Crippen LogP contribution in [0.15, 0.2) is 60.7 Å². The molecule has 0 fully saturated rings. The van der Waals surface area contributed by atoms with Crippen LogP contribution in [0.25, 0.3) is 11.8 Å². The molecule has 0 saturated carbocycles. The molecule has 0 radical (unpaired) electrons. The third-order valence-electron chi connectivity index (χ3n) is 3.43. The van der Waals surface area contributed by atoms with Crippen LogP contribution in [0.2, 0.25) is 5.02 Å². The molecule has 3 rings (SSSR count). The molecule has 0 amide bonds. The molecule has 3 aromatic rings. The number of rotatable bonds is 4. The fourth-order valence-electron chi connectivity index (χ4n) is 2.20. The number of benzene rings is 2. The van der Waals surface area contributed by atoms with Crippen LogP contribution in [0.3, 0.4) is 0 Å². The molecule has 5 heteroatoms. The molecule has 0 unspecified atom stereocenters. The Bertz CT molecular complexity index is 852. The molecule has 4 nitrogen and oxygen atoms in total. The first-order valence-electron chi connectivity index (χ1n) is 7.11. The number of halogens is 1. The molecule has 0 aliphatic heterocycles. The lowest BCUT2D eigenvalue weighted by Gasteiger charge is -2.02. The molecule has 1 aromatic heterocycles. The second-order valence-electron chi connectivity index (χ2n) is 5.02. The van der Waals surface area contributed by atoms with Gasteiger partial charge in [-0.25, -0.2) is 4.68 Å². The summed E-state index contributed by atoms with van der Waals surface area (Å²) in [4.78, 5) is 12.3. The van der Waals surface area contributed by atoms with Gasteiger partial charge in [-0.15, -0.1) is 5.10 Å². The summed E-state index contributed by atoms with van der Waals surface area (Å²) in [5.74, 6) is -0.174. The van der Waals surface area contributed by atoms with Crippen molar-refractivity contribution in [3.8, 4) is 5.69 Å². The minimum atomic E-state index is -0.174. The monoisotopic (exact) mass is 323 g/mol. The first-order chi connectivity index (χ1) is 11.1. The number of allylic oxidation sites excluding steroid dienone is 1. The Balaban J connectivity index is 1.85. The first kappa shape index (κ1) is 15.2. The first-order valence-corrected chi connectivity index (χ1v) is 7.48. The van der Waals surface area contributed by atoms with Crippen LogP contribution in [-0.4, -0.2) is 20.8 Å². The smallest absolute Gasteiger partial charge is 0.208 e. The lowest BCUT2D eigenvalue weighted by Crippen LogP contribution is -2.01. The summed E-state index contributed by atoms with van der Waals surface area (Å²) < 4.78 is 1.62. The van der Waals surface area contributed by atoms with Gasteiger partial charge in [-0.05, 0) is 42.8 Å². The van der Waals surface area contributed by atoms with Gasteiger partial charge in [-0.3, -0.25) is 4.79 Å². The van der Waals surface area contributed by atoms with Gasteiger partial charge < -0.3 is 0 Å². The van der Waals surface area contributed by atoms with Crippen LogP contribution in [0.4, 0.5) is 0 Å². The highest BCUT2D eigenvalue weighted by Gasteiger charge is 2.15. The molecule has 0 aliphatic carbocycles. The summed E-state index contributed by atoms with van der Waals surface area (Å²) in [6.45, 7) is 1.82. The average molecular weight is 324 g/mol. The van der Waals surface area contributed by atoms with Gasteiger partial charge in [-0.2, -0.15) is 0 Å². The van der Waals surface area contributed by atoms with Crippen molar-refractivity contribution in [3.63, 3.8) is 0 Å². The largest absolute Gasteiger partial charge is 0.287 e. The predicted octanol–water partition coefficient (Wildman–Crippen LogP) is 4.13. The van der Waals surface area contributed by atoms with E-state index in [0.29, 0.717) is 16.4 Å². The Morgan fingerprint density at radius 1 is 1.09 bits per heavy atom. The Labute approximate surface area is 139 Å². The minimum Gasteiger partial charge on any atom is -0.287 e. The van der Waals surface area contributed by atoms with Gasteiger partial charge in [0.25, 0.3) is 0 Å². The molecule has 0 atom stereocenters. The van der Waals surface area contributed by atoms with Gasteiger partial charge in [0.1, 0.15) is 0 Å². The molecular formula is C18H14ClN3O. The molecule has 0 N–H and O–H groups in total. The Kier molecular flexibility index (Phi) is 4.35. The van der Waals surface area contributed by atoms with Crippen molar-refractivity contribution < 1.29 is 4.79 Å². The molecular weight excluding hydrogens is 310 g/mol. The third kappa shape index (κ3) is 3.38. The third-order valence-corrected chi connectivity index (χ3v) is 3.68. The summed E-state index contributed by atoms with van der Waals surface area (Å²) in [7, 11) is 0. The number of hydrogen-bond donors (Lipinski definition) is 0. The maximum absolute atomic E-state index is 12.3. The molecule has 23 heavy (non-hydrogen) atoms. The summed E-state index contributed by atoms with van der Waals surface area (Å²) in [5.41, 5.74) is 2.80. The average Bonchev–Trinajstić information content (AvgIpc) is 2.96. The Morgan fingerprint density at radius 3 is 2.48 bits per heavy atom. The van der Waals surface area contributed by atoms with Crippen LogP contribution in [0.1, 0.15) is 21.7 Å². The Hall–Kier alpha value is -2.72. The van der Waals surface area contributed by atoms with Crippen molar-refractivity contribution in [2.24, 2.45) is 0 Å². The minimum absolute atomic E-state index is 0.174. The second kappa shape index (κ2) is 6.58. The van der Waals surface area contributed by atoms with Gasteiger partial charge in [0.05, 0.1) is 11.4 Å². The van der Waals surface area contributed by atoms with E-state index in [0.717, 1.165) is 11.3 Å². The van der Waals surface area contributed by atoms with Crippen molar-refractivity contribution >= 4 is 23.5 Å². The van der Waals surface area contributed by atoms with Crippen LogP contribution >= 0.6 is 11.6 Å². The lowest BCUT2D eigenvalue weighted by atomic mass is 10.1. The van der Waals surface area contributed by atoms with E-state index in [2.05, 4.69) is 10.3 Å². The van der Waals surface area contributed by atoms with Gasteiger partial charge >= 0.3 is 0 Å². The van der Waals surface area contributed by atoms with E-state index in [4.69, 9.17) is 11.6 Å². The number of nitrogens with zero attached hydrogens (tertiary/aromatic N) is 3. The fraction of sp³-hybridized carbons (Fsp3) is 0.0556. The van der Waals surface area contributed by atoms with E-state index < -0.39 is 0 Å². The quantitative estimate of drug-likeness (QED) is 0.536. The second-order valence-corrected chi connectivity index (χ2v) is 5.46. The summed E-state index contributed by atoms with van der Waals surface area (Å²) in [6.07, 6.45) is 3.28. The number of carbonyl (C=O) groups excluding carboxylic acids is 1. The number of ketones is 1. The molecule has 0 aliphatic rings. The SMILES string of the molecule is Cc1c(C(=O)/C=C/c2ccccc2)nnn1-c1ccc(Cl)cc1. The standard InChI is InChI=1S/C18H14ClN3O/c1-13-18(17(23)12-7-14-5-3-2-4-6-14)20-21-22(13)16-10-8-15(19)9-11-16/h2-12H,1H3/b12-7+.